The summed E-state index contributed by atoms with van der Waals surface area (Å²) in [6, 6.07) is 4.95. The molecule has 0 saturated heterocycles. The van der Waals surface area contributed by atoms with Crippen LogP contribution in [0.3, 0.4) is 0 Å². The van der Waals surface area contributed by atoms with Crippen molar-refractivity contribution in [1.29, 1.82) is 0 Å². The summed E-state index contributed by atoms with van der Waals surface area (Å²) < 4.78 is 47.4. The lowest BCUT2D eigenvalue weighted by Crippen LogP contribution is -2.43. The molecule has 1 amide bonds. The molecule has 0 aliphatic carbocycles. The highest BCUT2D eigenvalue weighted by molar-refractivity contribution is 7.91. The van der Waals surface area contributed by atoms with Gasteiger partial charge in [0.05, 0.1) is 11.3 Å². The van der Waals surface area contributed by atoms with Gasteiger partial charge in [0.25, 0.3) is 0 Å². The van der Waals surface area contributed by atoms with Crippen molar-refractivity contribution in [2.75, 3.05) is 0 Å². The zero-order chi connectivity index (χ0) is 17.0. The molecule has 0 aliphatic rings. The molecule has 1 rings (SSSR count). The van der Waals surface area contributed by atoms with Gasteiger partial charge in [0.1, 0.15) is 0 Å². The number of amides is 1. The topological polar surface area (TPSA) is 63.2 Å². The third kappa shape index (κ3) is 5.05. The summed E-state index contributed by atoms with van der Waals surface area (Å²) in [5, 5.41) is 2.89. The van der Waals surface area contributed by atoms with E-state index in [0.717, 1.165) is 25.0 Å². The van der Waals surface area contributed by atoms with Crippen molar-refractivity contribution in [3.63, 3.8) is 0 Å². The van der Waals surface area contributed by atoms with Gasteiger partial charge in [-0.1, -0.05) is 25.5 Å². The maximum atomic E-state index is 12.4. The highest BCUT2D eigenvalue weighted by Gasteiger charge is 2.26. The second-order valence-electron chi connectivity index (χ2n) is 5.81. The van der Waals surface area contributed by atoms with E-state index in [0.29, 0.717) is 5.56 Å². The number of nitrogens with one attached hydrogen (secondary N) is 1. The van der Waals surface area contributed by atoms with Gasteiger partial charge in [-0.15, -0.1) is 0 Å². The van der Waals surface area contributed by atoms with Crippen LogP contribution in [0.15, 0.2) is 29.2 Å². The molecule has 0 bridgehead atoms. The lowest BCUT2D eigenvalue weighted by Gasteiger charge is -2.25. The summed E-state index contributed by atoms with van der Waals surface area (Å²) in [5.74, 6) is -3.64. The molecule has 0 spiro atoms. The van der Waals surface area contributed by atoms with E-state index in [2.05, 4.69) is 5.32 Å². The van der Waals surface area contributed by atoms with Crippen LogP contribution in [-0.4, -0.2) is 25.6 Å². The molecule has 0 atom stereocenters. The first kappa shape index (κ1) is 18.5. The van der Waals surface area contributed by atoms with Gasteiger partial charge in [-0.25, -0.2) is 8.42 Å². The van der Waals surface area contributed by atoms with Crippen molar-refractivity contribution in [3.05, 3.63) is 29.8 Å². The highest BCUT2D eigenvalue weighted by atomic mass is 32.2. The molecule has 1 aromatic rings. The number of carbonyl (C=O) groups excluding carboxylic acids is 1. The van der Waals surface area contributed by atoms with Crippen molar-refractivity contribution in [3.8, 4) is 0 Å². The first-order valence-electron chi connectivity index (χ1n) is 7.00. The zero-order valence-electron chi connectivity index (χ0n) is 12.9. The van der Waals surface area contributed by atoms with Gasteiger partial charge in [-0.05, 0) is 38.0 Å². The van der Waals surface area contributed by atoms with Crippen molar-refractivity contribution in [1.82, 2.24) is 5.32 Å². The van der Waals surface area contributed by atoms with E-state index in [1.165, 1.54) is 12.1 Å². The van der Waals surface area contributed by atoms with E-state index in [-0.39, 0.29) is 17.9 Å². The second kappa shape index (κ2) is 7.17. The summed E-state index contributed by atoms with van der Waals surface area (Å²) in [5.41, 5.74) is 0.253. The number of hydrogen-bond donors (Lipinski definition) is 1. The molecule has 0 aliphatic heterocycles. The summed E-state index contributed by atoms with van der Waals surface area (Å²) in [7, 11) is -4.59. The van der Waals surface area contributed by atoms with Gasteiger partial charge < -0.3 is 5.32 Å². The monoisotopic (exact) mass is 333 g/mol. The van der Waals surface area contributed by atoms with E-state index in [9.17, 15) is 22.0 Å². The molecule has 0 saturated carbocycles. The average Bonchev–Trinajstić information content (AvgIpc) is 2.38. The minimum Gasteiger partial charge on any atom is -0.351 e. The van der Waals surface area contributed by atoms with Crippen LogP contribution < -0.4 is 5.32 Å². The Morgan fingerprint density at radius 3 is 2.23 bits per heavy atom. The highest BCUT2D eigenvalue weighted by Crippen LogP contribution is 2.19. The Labute approximate surface area is 129 Å². The van der Waals surface area contributed by atoms with Crippen molar-refractivity contribution in [2.45, 2.75) is 56.2 Å². The van der Waals surface area contributed by atoms with E-state index in [1.807, 2.05) is 20.8 Å². The molecular weight excluding hydrogens is 312 g/mol. The number of hydrogen-bond acceptors (Lipinski definition) is 3. The lowest BCUT2D eigenvalue weighted by atomic mass is 9.98. The normalized spacial score (nSPS) is 12.5. The Morgan fingerprint density at radius 1 is 1.23 bits per heavy atom. The molecule has 7 heteroatoms. The third-order valence-corrected chi connectivity index (χ3v) is 4.60. The number of benzene rings is 1. The third-order valence-electron chi connectivity index (χ3n) is 3.20. The first-order chi connectivity index (χ1) is 10.1. The smallest absolute Gasteiger partial charge is 0.341 e. The molecule has 0 heterocycles. The van der Waals surface area contributed by atoms with Crippen molar-refractivity contribution >= 4 is 15.7 Å². The van der Waals surface area contributed by atoms with Crippen LogP contribution in [0.5, 0.6) is 0 Å². The summed E-state index contributed by atoms with van der Waals surface area (Å²) in [6.07, 6.45) is 1.85. The van der Waals surface area contributed by atoms with Gasteiger partial charge in [0.2, 0.25) is 15.7 Å². The predicted octanol–water partition coefficient (Wildman–Crippen LogP) is 2.92. The first-order valence-corrected chi connectivity index (χ1v) is 8.55. The Kier molecular flexibility index (Phi) is 6.05. The number of carbonyl (C=O) groups is 1. The largest absolute Gasteiger partial charge is 0.351 e. The van der Waals surface area contributed by atoms with Gasteiger partial charge in [-0.2, -0.15) is 8.78 Å². The molecule has 4 nitrogen and oxygen atoms in total. The van der Waals surface area contributed by atoms with Crippen LogP contribution in [0.1, 0.15) is 39.2 Å². The van der Waals surface area contributed by atoms with E-state index in [4.69, 9.17) is 0 Å². The Morgan fingerprint density at radius 2 is 1.77 bits per heavy atom. The molecule has 0 unspecified atom stereocenters. The van der Waals surface area contributed by atoms with Gasteiger partial charge >= 0.3 is 5.76 Å². The molecular formula is C15H21F2NO3S. The van der Waals surface area contributed by atoms with Crippen LogP contribution in [-0.2, 0) is 21.1 Å². The number of alkyl halides is 2. The zero-order valence-corrected chi connectivity index (χ0v) is 13.7. The SMILES string of the molecule is CCCC(C)(C)NC(=O)Cc1ccc(S(=O)(=O)C(F)F)cc1. The maximum absolute atomic E-state index is 12.4. The molecule has 0 radical (unpaired) electrons. The summed E-state index contributed by atoms with van der Waals surface area (Å²) in [4.78, 5) is 11.5. The van der Waals surface area contributed by atoms with E-state index < -0.39 is 20.5 Å². The molecule has 124 valence electrons. The molecule has 22 heavy (non-hydrogen) atoms. The fourth-order valence-corrected chi connectivity index (χ4v) is 2.92. The average molecular weight is 333 g/mol. The van der Waals surface area contributed by atoms with Crippen LogP contribution in [0.25, 0.3) is 0 Å². The van der Waals surface area contributed by atoms with Crippen LogP contribution in [0.2, 0.25) is 0 Å². The minimum atomic E-state index is -4.59. The Balaban J connectivity index is 2.75. The fourth-order valence-electron chi connectivity index (χ4n) is 2.19. The van der Waals surface area contributed by atoms with E-state index in [1.54, 1.807) is 0 Å². The fraction of sp³-hybridized carbons (Fsp3) is 0.533. The maximum Gasteiger partial charge on any atom is 0.341 e. The quantitative estimate of drug-likeness (QED) is 0.834. The van der Waals surface area contributed by atoms with Gasteiger partial charge in [0, 0.05) is 5.54 Å². The van der Waals surface area contributed by atoms with Crippen molar-refractivity contribution in [2.24, 2.45) is 0 Å². The molecule has 1 aromatic carbocycles. The van der Waals surface area contributed by atoms with Crippen LogP contribution in [0, 0.1) is 0 Å². The van der Waals surface area contributed by atoms with Gasteiger partial charge in [-0.3, -0.25) is 4.79 Å². The number of halogens is 2. The molecule has 0 fully saturated rings. The second-order valence-corrected chi connectivity index (χ2v) is 7.73. The number of sulfone groups is 1. The standard InChI is InChI=1S/C15H21F2NO3S/c1-4-9-15(2,3)18-13(19)10-11-5-7-12(8-6-11)22(20,21)14(16)17/h5-8,14H,4,9-10H2,1-3H3,(H,18,19). The van der Waals surface area contributed by atoms with E-state index >= 15 is 0 Å². The van der Waals surface area contributed by atoms with Crippen LogP contribution >= 0.6 is 0 Å². The van der Waals surface area contributed by atoms with Crippen molar-refractivity contribution < 1.29 is 22.0 Å². The Bertz CT molecular complexity index is 610. The predicted molar refractivity (Wildman–Crippen MR) is 80.5 cm³/mol. The summed E-state index contributed by atoms with van der Waals surface area (Å²) in [6.45, 7) is 5.87. The summed E-state index contributed by atoms with van der Waals surface area (Å²) >= 11 is 0. The lowest BCUT2D eigenvalue weighted by molar-refractivity contribution is -0.122. The van der Waals surface area contributed by atoms with Crippen LogP contribution in [0.4, 0.5) is 8.78 Å². The number of rotatable bonds is 7. The van der Waals surface area contributed by atoms with Gasteiger partial charge in [0.15, 0.2) is 0 Å². The molecule has 1 N–H and O–H groups in total. The molecule has 0 aromatic heterocycles. The Hall–Kier alpha value is -1.50. The minimum absolute atomic E-state index is 0.0716.